The minimum atomic E-state index is -0.153. The van der Waals surface area contributed by atoms with Gasteiger partial charge < -0.3 is 10.4 Å². The van der Waals surface area contributed by atoms with Gasteiger partial charge in [-0.3, -0.25) is 4.79 Å². The first kappa shape index (κ1) is 14.1. The van der Waals surface area contributed by atoms with Crippen molar-refractivity contribution in [2.75, 3.05) is 6.54 Å². The van der Waals surface area contributed by atoms with E-state index >= 15 is 0 Å². The van der Waals surface area contributed by atoms with Crippen LogP contribution < -0.4 is 5.32 Å². The van der Waals surface area contributed by atoms with E-state index in [0.29, 0.717) is 12.3 Å². The molecule has 0 aromatic heterocycles. The first-order valence-corrected chi connectivity index (χ1v) is 7.22. The van der Waals surface area contributed by atoms with Crippen LogP contribution in [0.4, 0.5) is 0 Å². The van der Waals surface area contributed by atoms with Crippen molar-refractivity contribution < 1.29 is 9.90 Å². The minimum Gasteiger partial charge on any atom is -0.393 e. The van der Waals surface area contributed by atoms with E-state index < -0.39 is 0 Å². The van der Waals surface area contributed by atoms with Crippen molar-refractivity contribution in [3.8, 4) is 0 Å². The van der Waals surface area contributed by atoms with Crippen molar-refractivity contribution in [1.29, 1.82) is 0 Å². The molecule has 2 atom stereocenters. The predicted molar refractivity (Wildman–Crippen MR) is 75.7 cm³/mol. The number of hydrogen-bond donors (Lipinski definition) is 2. The molecule has 1 aliphatic rings. The Kier molecular flexibility index (Phi) is 5.40. The van der Waals surface area contributed by atoms with Gasteiger partial charge in [-0.25, -0.2) is 0 Å². The number of aryl methyl sites for hydroxylation is 1. The van der Waals surface area contributed by atoms with Crippen LogP contribution in [0.3, 0.4) is 0 Å². The third kappa shape index (κ3) is 5.03. The molecule has 1 aliphatic carbocycles. The highest BCUT2D eigenvalue weighted by atomic mass is 16.3. The highest BCUT2D eigenvalue weighted by Gasteiger charge is 2.22. The summed E-state index contributed by atoms with van der Waals surface area (Å²) in [4.78, 5) is 11.7. The second-order valence-electron chi connectivity index (χ2n) is 5.48. The van der Waals surface area contributed by atoms with E-state index in [9.17, 15) is 9.90 Å². The van der Waals surface area contributed by atoms with Gasteiger partial charge in [0.15, 0.2) is 0 Å². The first-order chi connectivity index (χ1) is 9.24. The van der Waals surface area contributed by atoms with Crippen molar-refractivity contribution in [2.24, 2.45) is 5.92 Å². The smallest absolute Gasteiger partial charge is 0.220 e. The van der Waals surface area contributed by atoms with Crippen molar-refractivity contribution >= 4 is 5.91 Å². The topological polar surface area (TPSA) is 49.3 Å². The van der Waals surface area contributed by atoms with Crippen molar-refractivity contribution in [2.45, 2.75) is 44.6 Å². The Hall–Kier alpha value is -1.35. The number of aliphatic hydroxyl groups is 1. The lowest BCUT2D eigenvalue weighted by molar-refractivity contribution is -0.121. The molecule has 0 bridgehead atoms. The zero-order chi connectivity index (χ0) is 13.5. The standard InChI is InChI=1S/C16H23NO2/c18-15-10-9-14(11-15)12-17-16(19)8-4-7-13-5-2-1-3-6-13/h1-3,5-6,14-15,18H,4,7-12H2,(H,17,19). The predicted octanol–water partition coefficient (Wildman–Crippen LogP) is 2.29. The monoisotopic (exact) mass is 261 g/mol. The van der Waals surface area contributed by atoms with E-state index in [1.54, 1.807) is 0 Å². The summed E-state index contributed by atoms with van der Waals surface area (Å²) in [5.74, 6) is 0.602. The minimum absolute atomic E-state index is 0.136. The molecular formula is C16H23NO2. The maximum Gasteiger partial charge on any atom is 0.220 e. The van der Waals surface area contributed by atoms with Gasteiger partial charge in [0.2, 0.25) is 5.91 Å². The summed E-state index contributed by atoms with van der Waals surface area (Å²) in [6.45, 7) is 0.723. The molecule has 0 aliphatic heterocycles. The number of rotatable bonds is 6. The van der Waals surface area contributed by atoms with Gasteiger partial charge in [-0.15, -0.1) is 0 Å². The summed E-state index contributed by atoms with van der Waals surface area (Å²) >= 11 is 0. The molecule has 19 heavy (non-hydrogen) atoms. The van der Waals surface area contributed by atoms with Gasteiger partial charge in [-0.2, -0.15) is 0 Å². The third-order valence-corrected chi connectivity index (χ3v) is 3.81. The van der Waals surface area contributed by atoms with Gasteiger partial charge in [0.25, 0.3) is 0 Å². The zero-order valence-corrected chi connectivity index (χ0v) is 11.3. The van der Waals surface area contributed by atoms with E-state index in [1.807, 2.05) is 18.2 Å². The molecule has 1 aromatic rings. The van der Waals surface area contributed by atoms with Crippen molar-refractivity contribution in [1.82, 2.24) is 5.32 Å². The molecule has 2 N–H and O–H groups in total. The lowest BCUT2D eigenvalue weighted by Crippen LogP contribution is -2.28. The Labute approximate surface area is 115 Å². The SMILES string of the molecule is O=C(CCCc1ccccc1)NCC1CCC(O)C1. The van der Waals surface area contributed by atoms with Gasteiger partial charge in [0.05, 0.1) is 6.10 Å². The normalized spacial score (nSPS) is 22.4. The molecule has 0 radical (unpaired) electrons. The molecule has 104 valence electrons. The average molecular weight is 261 g/mol. The summed E-state index contributed by atoms with van der Waals surface area (Å²) < 4.78 is 0. The van der Waals surface area contributed by atoms with Crippen LogP contribution in [0.15, 0.2) is 30.3 Å². The molecule has 0 spiro atoms. The van der Waals surface area contributed by atoms with Gasteiger partial charge in [0, 0.05) is 13.0 Å². The van der Waals surface area contributed by atoms with Gasteiger partial charge in [-0.1, -0.05) is 30.3 Å². The fraction of sp³-hybridized carbons (Fsp3) is 0.562. The Morgan fingerprint density at radius 2 is 2.05 bits per heavy atom. The molecular weight excluding hydrogens is 238 g/mol. The van der Waals surface area contributed by atoms with Crippen LogP contribution in [0.2, 0.25) is 0 Å². The molecule has 0 heterocycles. The summed E-state index contributed by atoms with van der Waals surface area (Å²) in [5, 5.41) is 12.4. The average Bonchev–Trinajstić information content (AvgIpc) is 2.83. The van der Waals surface area contributed by atoms with E-state index in [2.05, 4.69) is 17.4 Å². The summed E-state index contributed by atoms with van der Waals surface area (Å²) in [6, 6.07) is 10.3. The molecule has 2 rings (SSSR count). The molecule has 1 fully saturated rings. The summed E-state index contributed by atoms with van der Waals surface area (Å²) in [5.41, 5.74) is 1.29. The molecule has 1 saturated carbocycles. The van der Waals surface area contributed by atoms with Crippen LogP contribution in [-0.2, 0) is 11.2 Å². The number of carbonyl (C=O) groups is 1. The van der Waals surface area contributed by atoms with Crippen LogP contribution in [0, 0.1) is 5.92 Å². The lowest BCUT2D eigenvalue weighted by Gasteiger charge is -2.10. The third-order valence-electron chi connectivity index (χ3n) is 3.81. The second kappa shape index (κ2) is 7.29. The zero-order valence-electron chi connectivity index (χ0n) is 11.3. The Morgan fingerprint density at radius 3 is 2.74 bits per heavy atom. The van der Waals surface area contributed by atoms with E-state index in [1.165, 1.54) is 5.56 Å². The summed E-state index contributed by atoms with van der Waals surface area (Å²) in [6.07, 6.45) is 5.04. The van der Waals surface area contributed by atoms with Gasteiger partial charge in [-0.05, 0) is 43.6 Å². The number of benzene rings is 1. The van der Waals surface area contributed by atoms with E-state index in [0.717, 1.165) is 38.6 Å². The maximum atomic E-state index is 11.7. The number of hydrogen-bond acceptors (Lipinski definition) is 2. The van der Waals surface area contributed by atoms with Crippen LogP contribution in [-0.4, -0.2) is 23.7 Å². The van der Waals surface area contributed by atoms with Crippen molar-refractivity contribution in [3.05, 3.63) is 35.9 Å². The Balaban J connectivity index is 1.57. The summed E-state index contributed by atoms with van der Waals surface area (Å²) in [7, 11) is 0. The molecule has 1 amide bonds. The second-order valence-corrected chi connectivity index (χ2v) is 5.48. The van der Waals surface area contributed by atoms with E-state index in [-0.39, 0.29) is 12.0 Å². The largest absolute Gasteiger partial charge is 0.393 e. The number of nitrogens with one attached hydrogen (secondary N) is 1. The van der Waals surface area contributed by atoms with Crippen LogP contribution in [0.1, 0.15) is 37.7 Å². The molecule has 3 heteroatoms. The molecule has 1 aromatic carbocycles. The van der Waals surface area contributed by atoms with Crippen LogP contribution >= 0.6 is 0 Å². The van der Waals surface area contributed by atoms with Crippen molar-refractivity contribution in [3.63, 3.8) is 0 Å². The fourth-order valence-electron chi connectivity index (χ4n) is 2.68. The number of amides is 1. The lowest BCUT2D eigenvalue weighted by atomic mass is 10.1. The van der Waals surface area contributed by atoms with Gasteiger partial charge >= 0.3 is 0 Å². The van der Waals surface area contributed by atoms with Crippen LogP contribution in [0.5, 0.6) is 0 Å². The Bertz CT molecular complexity index is 391. The fourth-order valence-corrected chi connectivity index (χ4v) is 2.68. The number of aliphatic hydroxyl groups excluding tert-OH is 1. The molecule has 2 unspecified atom stereocenters. The highest BCUT2D eigenvalue weighted by molar-refractivity contribution is 5.75. The molecule has 3 nitrogen and oxygen atoms in total. The van der Waals surface area contributed by atoms with Crippen LogP contribution in [0.25, 0.3) is 0 Å². The molecule has 0 saturated heterocycles. The first-order valence-electron chi connectivity index (χ1n) is 7.22. The van der Waals surface area contributed by atoms with Gasteiger partial charge in [0.1, 0.15) is 0 Å². The maximum absolute atomic E-state index is 11.7. The van der Waals surface area contributed by atoms with E-state index in [4.69, 9.17) is 0 Å². The Morgan fingerprint density at radius 1 is 1.26 bits per heavy atom. The highest BCUT2D eigenvalue weighted by Crippen LogP contribution is 2.24. The quantitative estimate of drug-likeness (QED) is 0.825. The number of carbonyl (C=O) groups excluding carboxylic acids is 1.